The van der Waals surface area contributed by atoms with Crippen molar-refractivity contribution in [2.24, 2.45) is 12.8 Å². The highest BCUT2D eigenvalue weighted by molar-refractivity contribution is 6.35. The van der Waals surface area contributed by atoms with Crippen molar-refractivity contribution in [1.82, 2.24) is 4.57 Å². The van der Waals surface area contributed by atoms with E-state index in [9.17, 15) is 0 Å². The zero-order chi connectivity index (χ0) is 11.0. The first kappa shape index (κ1) is 10.5. The Balaban J connectivity index is 2.55. The van der Waals surface area contributed by atoms with Crippen LogP contribution in [0.2, 0.25) is 5.02 Å². The molecule has 0 spiro atoms. The molecule has 0 amide bonds. The SMILES string of the molecule is CC(N)Cc1cc(Cl)c2ccn(C)c2c1. The van der Waals surface area contributed by atoms with Crippen molar-refractivity contribution >= 4 is 22.5 Å². The second-order valence-electron chi connectivity index (χ2n) is 4.12. The van der Waals surface area contributed by atoms with Gasteiger partial charge >= 0.3 is 0 Å². The molecule has 0 aliphatic heterocycles. The Morgan fingerprint density at radius 2 is 2.20 bits per heavy atom. The Labute approximate surface area is 94.6 Å². The number of aryl methyl sites for hydroxylation is 1. The average Bonchev–Trinajstić information content (AvgIpc) is 2.47. The van der Waals surface area contributed by atoms with Crippen molar-refractivity contribution < 1.29 is 0 Å². The Morgan fingerprint density at radius 1 is 1.47 bits per heavy atom. The molecule has 1 atom stereocenters. The van der Waals surface area contributed by atoms with Gasteiger partial charge in [0.15, 0.2) is 0 Å². The van der Waals surface area contributed by atoms with Gasteiger partial charge in [-0.3, -0.25) is 0 Å². The number of hydrogen-bond donors (Lipinski definition) is 1. The summed E-state index contributed by atoms with van der Waals surface area (Å²) in [6.45, 7) is 2.00. The van der Waals surface area contributed by atoms with Crippen LogP contribution in [0.5, 0.6) is 0 Å². The van der Waals surface area contributed by atoms with E-state index in [0.717, 1.165) is 22.3 Å². The van der Waals surface area contributed by atoms with Gasteiger partial charge in [-0.15, -0.1) is 0 Å². The fourth-order valence-corrected chi connectivity index (χ4v) is 2.17. The third-order valence-corrected chi connectivity index (χ3v) is 2.88. The minimum atomic E-state index is 0.166. The van der Waals surface area contributed by atoms with Crippen LogP contribution < -0.4 is 5.73 Å². The smallest absolute Gasteiger partial charge is 0.0502 e. The van der Waals surface area contributed by atoms with E-state index in [1.807, 2.05) is 32.3 Å². The molecule has 0 bridgehead atoms. The van der Waals surface area contributed by atoms with Crippen LogP contribution >= 0.6 is 11.6 Å². The first-order valence-corrected chi connectivity index (χ1v) is 5.45. The number of aromatic nitrogens is 1. The molecule has 1 unspecified atom stereocenters. The third kappa shape index (κ3) is 2.01. The van der Waals surface area contributed by atoms with Gasteiger partial charge in [-0.05, 0) is 37.1 Å². The van der Waals surface area contributed by atoms with E-state index in [2.05, 4.69) is 10.6 Å². The standard InChI is InChI=1S/C12H15ClN2/c1-8(14)5-9-6-11(13)10-3-4-15(2)12(10)7-9/h3-4,6-8H,5,14H2,1-2H3. The highest BCUT2D eigenvalue weighted by Gasteiger charge is 2.06. The molecule has 80 valence electrons. The normalized spacial score (nSPS) is 13.3. The van der Waals surface area contributed by atoms with E-state index in [1.165, 1.54) is 5.56 Å². The van der Waals surface area contributed by atoms with Gasteiger partial charge in [0.1, 0.15) is 0 Å². The Bertz CT molecular complexity index is 486. The summed E-state index contributed by atoms with van der Waals surface area (Å²) in [6.07, 6.45) is 2.88. The molecule has 1 aromatic heterocycles. The van der Waals surface area contributed by atoms with Gasteiger partial charge in [-0.1, -0.05) is 11.6 Å². The lowest BCUT2D eigenvalue weighted by Gasteiger charge is -2.07. The molecule has 0 fully saturated rings. The van der Waals surface area contributed by atoms with E-state index in [0.29, 0.717) is 0 Å². The highest BCUT2D eigenvalue weighted by atomic mass is 35.5. The van der Waals surface area contributed by atoms with Gasteiger partial charge in [-0.25, -0.2) is 0 Å². The van der Waals surface area contributed by atoms with E-state index >= 15 is 0 Å². The van der Waals surface area contributed by atoms with Crippen LogP contribution in [0.25, 0.3) is 10.9 Å². The number of nitrogens with two attached hydrogens (primary N) is 1. The quantitative estimate of drug-likeness (QED) is 0.833. The second-order valence-corrected chi connectivity index (χ2v) is 4.53. The molecule has 2 aromatic rings. The number of rotatable bonds is 2. The molecule has 0 saturated carbocycles. The lowest BCUT2D eigenvalue weighted by Crippen LogP contribution is -2.17. The fraction of sp³-hybridized carbons (Fsp3) is 0.333. The van der Waals surface area contributed by atoms with Crippen LogP contribution in [0, 0.1) is 0 Å². The molecule has 1 heterocycles. The number of nitrogens with zero attached hydrogens (tertiary/aromatic N) is 1. The van der Waals surface area contributed by atoms with E-state index in [-0.39, 0.29) is 6.04 Å². The van der Waals surface area contributed by atoms with Crippen molar-refractivity contribution in [3.05, 3.63) is 35.0 Å². The summed E-state index contributed by atoms with van der Waals surface area (Å²) in [5.41, 5.74) is 8.15. The maximum absolute atomic E-state index is 6.20. The molecule has 0 aliphatic rings. The summed E-state index contributed by atoms with van der Waals surface area (Å²) < 4.78 is 2.08. The van der Waals surface area contributed by atoms with Gasteiger partial charge in [-0.2, -0.15) is 0 Å². The molecular weight excluding hydrogens is 208 g/mol. The van der Waals surface area contributed by atoms with E-state index < -0.39 is 0 Å². The summed E-state index contributed by atoms with van der Waals surface area (Å²) in [5.74, 6) is 0. The fourth-order valence-electron chi connectivity index (χ4n) is 1.87. The van der Waals surface area contributed by atoms with Crippen molar-refractivity contribution in [2.45, 2.75) is 19.4 Å². The van der Waals surface area contributed by atoms with Crippen molar-refractivity contribution in [3.8, 4) is 0 Å². The topological polar surface area (TPSA) is 30.9 Å². The van der Waals surface area contributed by atoms with Crippen LogP contribution in [0.1, 0.15) is 12.5 Å². The lowest BCUT2D eigenvalue weighted by molar-refractivity contribution is 0.738. The molecule has 3 heteroatoms. The van der Waals surface area contributed by atoms with E-state index in [1.54, 1.807) is 0 Å². The molecular formula is C12H15ClN2. The summed E-state index contributed by atoms with van der Waals surface area (Å²) in [5, 5.41) is 1.91. The van der Waals surface area contributed by atoms with Crippen LogP contribution in [0.3, 0.4) is 0 Å². The van der Waals surface area contributed by atoms with Crippen molar-refractivity contribution in [3.63, 3.8) is 0 Å². The van der Waals surface area contributed by atoms with Gasteiger partial charge in [0.05, 0.1) is 5.02 Å². The lowest BCUT2D eigenvalue weighted by atomic mass is 10.1. The monoisotopic (exact) mass is 222 g/mol. The summed E-state index contributed by atoms with van der Waals surface area (Å²) in [6, 6.07) is 6.37. The Hall–Kier alpha value is -0.990. The summed E-state index contributed by atoms with van der Waals surface area (Å²) in [4.78, 5) is 0. The average molecular weight is 223 g/mol. The van der Waals surface area contributed by atoms with E-state index in [4.69, 9.17) is 17.3 Å². The molecule has 1 aromatic carbocycles. The first-order chi connectivity index (χ1) is 7.08. The highest BCUT2D eigenvalue weighted by Crippen LogP contribution is 2.26. The number of fused-ring (bicyclic) bond motifs is 1. The number of halogens is 1. The maximum Gasteiger partial charge on any atom is 0.0502 e. The number of hydrogen-bond acceptors (Lipinski definition) is 1. The molecule has 0 radical (unpaired) electrons. The van der Waals surface area contributed by atoms with Gasteiger partial charge in [0.25, 0.3) is 0 Å². The third-order valence-electron chi connectivity index (χ3n) is 2.57. The summed E-state index contributed by atoms with van der Waals surface area (Å²) >= 11 is 6.20. The molecule has 15 heavy (non-hydrogen) atoms. The van der Waals surface area contributed by atoms with Crippen LogP contribution in [0.15, 0.2) is 24.4 Å². The predicted octanol–water partition coefficient (Wildman–Crippen LogP) is 2.72. The zero-order valence-corrected chi connectivity index (χ0v) is 9.75. The van der Waals surface area contributed by atoms with Crippen molar-refractivity contribution in [1.29, 1.82) is 0 Å². The molecule has 0 aliphatic carbocycles. The molecule has 2 N–H and O–H groups in total. The van der Waals surface area contributed by atoms with Gasteiger partial charge in [0.2, 0.25) is 0 Å². The predicted molar refractivity (Wildman–Crippen MR) is 65.3 cm³/mol. The van der Waals surface area contributed by atoms with Crippen LogP contribution in [-0.4, -0.2) is 10.6 Å². The maximum atomic E-state index is 6.20. The van der Waals surface area contributed by atoms with Crippen LogP contribution in [-0.2, 0) is 13.5 Å². The Morgan fingerprint density at radius 3 is 2.87 bits per heavy atom. The summed E-state index contributed by atoms with van der Waals surface area (Å²) in [7, 11) is 2.02. The number of benzene rings is 1. The van der Waals surface area contributed by atoms with Crippen LogP contribution in [0.4, 0.5) is 0 Å². The second kappa shape index (κ2) is 3.87. The Kier molecular flexibility index (Phi) is 2.72. The van der Waals surface area contributed by atoms with Gasteiger partial charge < -0.3 is 10.3 Å². The van der Waals surface area contributed by atoms with Crippen molar-refractivity contribution in [2.75, 3.05) is 0 Å². The molecule has 2 rings (SSSR count). The largest absolute Gasteiger partial charge is 0.350 e. The zero-order valence-electron chi connectivity index (χ0n) is 9.00. The first-order valence-electron chi connectivity index (χ1n) is 5.07. The minimum Gasteiger partial charge on any atom is -0.350 e. The van der Waals surface area contributed by atoms with Gasteiger partial charge in [0, 0.05) is 30.2 Å². The minimum absolute atomic E-state index is 0.166. The molecule has 2 nitrogen and oxygen atoms in total. The molecule has 0 saturated heterocycles.